The Kier molecular flexibility index (Phi) is 5.81. The summed E-state index contributed by atoms with van der Waals surface area (Å²) >= 11 is 0. The smallest absolute Gasteiger partial charge is 0.320 e. The minimum Gasteiger partial charge on any atom is -0.460 e. The normalized spacial score (nSPS) is 19.1. The van der Waals surface area contributed by atoms with Crippen LogP contribution >= 0.6 is 0 Å². The van der Waals surface area contributed by atoms with Gasteiger partial charge in [-0.25, -0.2) is 0 Å². The van der Waals surface area contributed by atoms with Crippen LogP contribution < -0.4 is 10.6 Å². The molecule has 0 spiro atoms. The van der Waals surface area contributed by atoms with Crippen molar-refractivity contribution in [2.45, 2.75) is 12.6 Å². The topological polar surface area (TPSA) is 59.6 Å². The molecule has 1 unspecified atom stereocenters. The van der Waals surface area contributed by atoms with E-state index in [1.807, 2.05) is 30.3 Å². The first-order valence-electron chi connectivity index (χ1n) is 6.56. The van der Waals surface area contributed by atoms with E-state index in [2.05, 4.69) is 10.6 Å². The second-order valence-corrected chi connectivity index (χ2v) is 4.50. The van der Waals surface area contributed by atoms with Gasteiger partial charge in [-0.1, -0.05) is 30.3 Å². The Bertz CT molecular complexity index is 378. The summed E-state index contributed by atoms with van der Waals surface area (Å²) in [7, 11) is 0. The summed E-state index contributed by atoms with van der Waals surface area (Å²) in [5.74, 6) is -0.236. The Hall–Kier alpha value is -1.43. The summed E-state index contributed by atoms with van der Waals surface area (Å²) in [4.78, 5) is 11.5. The van der Waals surface area contributed by atoms with Gasteiger partial charge in [0.2, 0.25) is 0 Å². The van der Waals surface area contributed by atoms with E-state index in [-0.39, 0.29) is 18.6 Å². The fourth-order valence-corrected chi connectivity index (χ4v) is 1.89. The highest BCUT2D eigenvalue weighted by molar-refractivity contribution is 5.71. The number of hydrogen-bond acceptors (Lipinski definition) is 5. The molecule has 1 saturated heterocycles. The van der Waals surface area contributed by atoms with Crippen LogP contribution in [-0.4, -0.2) is 44.9 Å². The summed E-state index contributed by atoms with van der Waals surface area (Å²) in [5.41, 5.74) is 0.998. The maximum Gasteiger partial charge on any atom is 0.320 e. The zero-order chi connectivity index (χ0) is 13.3. The molecule has 1 aromatic rings. The molecule has 1 heterocycles. The molecule has 5 heteroatoms. The lowest BCUT2D eigenvalue weighted by Crippen LogP contribution is -2.48. The van der Waals surface area contributed by atoms with E-state index in [0.29, 0.717) is 19.8 Å². The number of morpholine rings is 1. The summed E-state index contributed by atoms with van der Waals surface area (Å²) in [6.45, 7) is 3.57. The Balaban J connectivity index is 1.57. The van der Waals surface area contributed by atoms with Crippen LogP contribution in [0.15, 0.2) is 30.3 Å². The first-order valence-corrected chi connectivity index (χ1v) is 6.56. The van der Waals surface area contributed by atoms with Crippen molar-refractivity contribution in [1.82, 2.24) is 10.6 Å². The summed E-state index contributed by atoms with van der Waals surface area (Å²) in [6, 6.07) is 9.93. The highest BCUT2D eigenvalue weighted by Crippen LogP contribution is 2.00. The monoisotopic (exact) mass is 264 g/mol. The van der Waals surface area contributed by atoms with Crippen LogP contribution in [0.1, 0.15) is 5.56 Å². The molecule has 19 heavy (non-hydrogen) atoms. The number of carbonyl (C=O) groups is 1. The molecular weight excluding hydrogens is 244 g/mol. The van der Waals surface area contributed by atoms with Crippen molar-refractivity contribution in [1.29, 1.82) is 0 Å². The Morgan fingerprint density at radius 2 is 2.26 bits per heavy atom. The van der Waals surface area contributed by atoms with Crippen LogP contribution in [-0.2, 0) is 20.9 Å². The summed E-state index contributed by atoms with van der Waals surface area (Å²) < 4.78 is 10.5. The number of esters is 1. The molecule has 1 aliphatic heterocycles. The van der Waals surface area contributed by atoms with E-state index in [1.165, 1.54) is 0 Å². The SMILES string of the molecule is O=C(CNCC1COCCN1)OCc1ccccc1. The fraction of sp³-hybridized carbons (Fsp3) is 0.500. The predicted molar refractivity (Wildman–Crippen MR) is 71.7 cm³/mol. The molecule has 0 radical (unpaired) electrons. The predicted octanol–water partition coefficient (Wildman–Crippen LogP) is 0.308. The van der Waals surface area contributed by atoms with Gasteiger partial charge in [-0.15, -0.1) is 0 Å². The van der Waals surface area contributed by atoms with Crippen LogP contribution in [0.4, 0.5) is 0 Å². The van der Waals surface area contributed by atoms with Crippen LogP contribution in [0.25, 0.3) is 0 Å². The van der Waals surface area contributed by atoms with Crippen LogP contribution in [0, 0.1) is 0 Å². The van der Waals surface area contributed by atoms with E-state index in [4.69, 9.17) is 9.47 Å². The summed E-state index contributed by atoms with van der Waals surface area (Å²) in [6.07, 6.45) is 0. The van der Waals surface area contributed by atoms with Gasteiger partial charge < -0.3 is 20.1 Å². The number of ether oxygens (including phenoxy) is 2. The molecule has 0 aromatic heterocycles. The zero-order valence-electron chi connectivity index (χ0n) is 10.9. The van der Waals surface area contributed by atoms with E-state index < -0.39 is 0 Å². The van der Waals surface area contributed by atoms with Gasteiger partial charge in [-0.3, -0.25) is 4.79 Å². The molecule has 1 aromatic carbocycles. The molecule has 1 aliphatic rings. The molecule has 0 amide bonds. The van der Waals surface area contributed by atoms with E-state index >= 15 is 0 Å². The van der Waals surface area contributed by atoms with Gasteiger partial charge in [0.25, 0.3) is 0 Å². The lowest BCUT2D eigenvalue weighted by atomic mass is 10.2. The maximum absolute atomic E-state index is 11.5. The van der Waals surface area contributed by atoms with Crippen molar-refractivity contribution >= 4 is 5.97 Å². The van der Waals surface area contributed by atoms with Gasteiger partial charge >= 0.3 is 5.97 Å². The molecule has 1 atom stereocenters. The maximum atomic E-state index is 11.5. The highest BCUT2D eigenvalue weighted by Gasteiger charge is 2.12. The highest BCUT2D eigenvalue weighted by atomic mass is 16.5. The summed E-state index contributed by atoms with van der Waals surface area (Å²) in [5, 5.41) is 6.39. The fourth-order valence-electron chi connectivity index (χ4n) is 1.89. The lowest BCUT2D eigenvalue weighted by Gasteiger charge is -2.23. The van der Waals surface area contributed by atoms with Crippen molar-refractivity contribution in [3.8, 4) is 0 Å². The van der Waals surface area contributed by atoms with E-state index in [1.54, 1.807) is 0 Å². The third-order valence-electron chi connectivity index (χ3n) is 2.90. The molecule has 104 valence electrons. The van der Waals surface area contributed by atoms with Gasteiger partial charge in [0.15, 0.2) is 0 Å². The van der Waals surface area contributed by atoms with Crippen molar-refractivity contribution in [3.63, 3.8) is 0 Å². The zero-order valence-corrected chi connectivity index (χ0v) is 10.9. The molecule has 2 N–H and O–H groups in total. The second-order valence-electron chi connectivity index (χ2n) is 4.50. The lowest BCUT2D eigenvalue weighted by molar-refractivity contribution is -0.143. The van der Waals surface area contributed by atoms with E-state index in [0.717, 1.165) is 18.7 Å². The van der Waals surface area contributed by atoms with Gasteiger partial charge in [0.1, 0.15) is 6.61 Å². The quantitative estimate of drug-likeness (QED) is 0.724. The molecule has 5 nitrogen and oxygen atoms in total. The third kappa shape index (κ3) is 5.38. The number of hydrogen-bond donors (Lipinski definition) is 2. The minimum atomic E-state index is -0.236. The van der Waals surface area contributed by atoms with Crippen LogP contribution in [0.2, 0.25) is 0 Å². The molecule has 0 aliphatic carbocycles. The van der Waals surface area contributed by atoms with Crippen molar-refractivity contribution in [2.75, 3.05) is 32.8 Å². The van der Waals surface area contributed by atoms with Crippen LogP contribution in [0.3, 0.4) is 0 Å². The van der Waals surface area contributed by atoms with Gasteiger partial charge in [-0.05, 0) is 5.56 Å². The van der Waals surface area contributed by atoms with E-state index in [9.17, 15) is 4.79 Å². The molecule has 1 fully saturated rings. The number of carbonyl (C=O) groups excluding carboxylic acids is 1. The first-order chi connectivity index (χ1) is 9.34. The molecule has 2 rings (SSSR count). The average molecular weight is 264 g/mol. The van der Waals surface area contributed by atoms with Crippen LogP contribution in [0.5, 0.6) is 0 Å². The van der Waals surface area contributed by atoms with Gasteiger partial charge in [0.05, 0.1) is 19.8 Å². The largest absolute Gasteiger partial charge is 0.460 e. The second kappa shape index (κ2) is 7.89. The Morgan fingerprint density at radius 1 is 1.42 bits per heavy atom. The van der Waals surface area contributed by atoms with Crippen molar-refractivity contribution < 1.29 is 14.3 Å². The minimum absolute atomic E-state index is 0.227. The Labute approximate surface area is 113 Å². The average Bonchev–Trinajstić information content (AvgIpc) is 2.47. The van der Waals surface area contributed by atoms with Crippen molar-refractivity contribution in [2.24, 2.45) is 0 Å². The third-order valence-corrected chi connectivity index (χ3v) is 2.90. The molecule has 0 bridgehead atoms. The van der Waals surface area contributed by atoms with Crippen molar-refractivity contribution in [3.05, 3.63) is 35.9 Å². The number of nitrogens with one attached hydrogen (secondary N) is 2. The first kappa shape index (κ1) is 14.0. The Morgan fingerprint density at radius 3 is 3.00 bits per heavy atom. The standard InChI is InChI=1S/C14H20N2O3/c17-14(19-10-12-4-2-1-3-5-12)9-15-8-13-11-18-7-6-16-13/h1-5,13,15-16H,6-11H2. The van der Waals surface area contributed by atoms with Gasteiger partial charge in [-0.2, -0.15) is 0 Å². The molecule has 0 saturated carbocycles. The number of rotatable bonds is 6. The number of benzene rings is 1. The molecular formula is C14H20N2O3. The van der Waals surface area contributed by atoms with Gasteiger partial charge in [0, 0.05) is 19.1 Å².